The van der Waals surface area contributed by atoms with Crippen LogP contribution >= 0.6 is 15.9 Å². The third-order valence-corrected chi connectivity index (χ3v) is 3.34. The van der Waals surface area contributed by atoms with Crippen molar-refractivity contribution in [1.82, 2.24) is 0 Å². The van der Waals surface area contributed by atoms with Gasteiger partial charge in [0.05, 0.1) is 6.10 Å². The van der Waals surface area contributed by atoms with Crippen molar-refractivity contribution in [2.45, 2.75) is 20.0 Å². The second-order valence-corrected chi connectivity index (χ2v) is 5.91. The van der Waals surface area contributed by atoms with E-state index in [1.807, 2.05) is 13.8 Å². The molecule has 0 atom stereocenters. The summed E-state index contributed by atoms with van der Waals surface area (Å²) in [5.41, 5.74) is 0.135. The van der Waals surface area contributed by atoms with Gasteiger partial charge in [-0.3, -0.25) is 0 Å². The molecule has 0 amide bonds. The molecule has 0 unspecified atom stereocenters. The third kappa shape index (κ3) is 4.32. The van der Waals surface area contributed by atoms with Gasteiger partial charge in [-0.05, 0) is 44.2 Å². The van der Waals surface area contributed by atoms with Crippen molar-refractivity contribution in [3.8, 4) is 11.5 Å². The number of carbonyl (C=O) groups excluding carboxylic acids is 1. The Morgan fingerprint density at radius 1 is 1.04 bits per heavy atom. The quantitative estimate of drug-likeness (QED) is 0.624. The lowest BCUT2D eigenvalue weighted by Crippen LogP contribution is -2.15. The van der Waals surface area contributed by atoms with Gasteiger partial charge in [0, 0.05) is 4.47 Å². The van der Waals surface area contributed by atoms with E-state index < -0.39 is 11.9 Å². The molecule has 0 fully saturated rings. The molecular weight excluding hydrogens is 364 g/mol. The number of rotatable bonds is 5. The molecule has 2 rings (SSSR count). The zero-order valence-corrected chi connectivity index (χ0v) is 14.2. The summed E-state index contributed by atoms with van der Waals surface area (Å²) in [4.78, 5) is 23.6. The summed E-state index contributed by atoms with van der Waals surface area (Å²) >= 11 is 3.30. The first-order chi connectivity index (χ1) is 10.9. The van der Waals surface area contributed by atoms with Crippen LogP contribution in [-0.4, -0.2) is 23.1 Å². The molecule has 0 saturated heterocycles. The summed E-state index contributed by atoms with van der Waals surface area (Å²) in [7, 11) is 0. The molecule has 0 heterocycles. The van der Waals surface area contributed by atoms with Crippen LogP contribution in [0.5, 0.6) is 11.5 Å². The van der Waals surface area contributed by atoms with E-state index in [1.165, 1.54) is 12.1 Å². The molecule has 0 saturated carbocycles. The molecule has 0 aliphatic heterocycles. The molecule has 2 aromatic rings. The van der Waals surface area contributed by atoms with Gasteiger partial charge >= 0.3 is 11.9 Å². The lowest BCUT2D eigenvalue weighted by molar-refractivity contribution is 0.0680. The van der Waals surface area contributed by atoms with Crippen LogP contribution in [-0.2, 0) is 0 Å². The van der Waals surface area contributed by atoms with Crippen LogP contribution in [0.4, 0.5) is 0 Å². The molecular formula is C17H15BrO5. The Hall–Kier alpha value is -2.34. The Morgan fingerprint density at radius 3 is 2.39 bits per heavy atom. The fourth-order valence-corrected chi connectivity index (χ4v) is 2.27. The normalized spacial score (nSPS) is 10.4. The Balaban J connectivity index is 2.35. The monoisotopic (exact) mass is 378 g/mol. The Kier molecular flexibility index (Phi) is 5.39. The largest absolute Gasteiger partial charge is 0.490 e. The maximum absolute atomic E-state index is 12.4. The average molecular weight is 379 g/mol. The van der Waals surface area contributed by atoms with Gasteiger partial charge in [-0.15, -0.1) is 0 Å². The second kappa shape index (κ2) is 7.28. The minimum Gasteiger partial charge on any atom is -0.490 e. The molecule has 5 nitrogen and oxygen atoms in total. The first-order valence-corrected chi connectivity index (χ1v) is 7.68. The Morgan fingerprint density at radius 2 is 1.74 bits per heavy atom. The molecule has 1 N–H and O–H groups in total. The molecule has 0 aliphatic carbocycles. The highest BCUT2D eigenvalue weighted by molar-refractivity contribution is 9.10. The van der Waals surface area contributed by atoms with Crippen LogP contribution in [0.25, 0.3) is 0 Å². The van der Waals surface area contributed by atoms with Crippen LogP contribution in [0.15, 0.2) is 46.9 Å². The molecule has 0 aliphatic rings. The van der Waals surface area contributed by atoms with E-state index >= 15 is 0 Å². The zero-order valence-electron chi connectivity index (χ0n) is 12.6. The van der Waals surface area contributed by atoms with E-state index in [0.29, 0.717) is 10.2 Å². The molecule has 6 heteroatoms. The SMILES string of the molecule is CC(C)Oc1ccc(Br)cc1C(=O)Oc1ccccc1C(=O)O. The van der Waals surface area contributed by atoms with Crippen molar-refractivity contribution in [1.29, 1.82) is 0 Å². The summed E-state index contributed by atoms with van der Waals surface area (Å²) in [5, 5.41) is 9.14. The van der Waals surface area contributed by atoms with Gasteiger partial charge in [-0.1, -0.05) is 28.1 Å². The van der Waals surface area contributed by atoms with Gasteiger partial charge in [-0.2, -0.15) is 0 Å². The predicted molar refractivity (Wildman–Crippen MR) is 88.3 cm³/mol. The fraction of sp³-hybridized carbons (Fsp3) is 0.176. The Labute approximate surface area is 142 Å². The number of para-hydroxylation sites is 1. The predicted octanol–water partition coefficient (Wildman–Crippen LogP) is 4.15. The van der Waals surface area contributed by atoms with Crippen LogP contribution in [0.1, 0.15) is 34.6 Å². The molecule has 0 spiro atoms. The van der Waals surface area contributed by atoms with Crippen molar-refractivity contribution < 1.29 is 24.2 Å². The topological polar surface area (TPSA) is 72.8 Å². The lowest BCUT2D eigenvalue weighted by Gasteiger charge is -2.14. The maximum Gasteiger partial charge on any atom is 0.347 e. The van der Waals surface area contributed by atoms with Crippen molar-refractivity contribution in [3.05, 3.63) is 58.1 Å². The molecule has 23 heavy (non-hydrogen) atoms. The molecule has 120 valence electrons. The number of carboxylic acid groups (broad SMARTS) is 1. The van der Waals surface area contributed by atoms with Crippen molar-refractivity contribution in [2.75, 3.05) is 0 Å². The van der Waals surface area contributed by atoms with E-state index in [1.54, 1.807) is 30.3 Å². The second-order valence-electron chi connectivity index (χ2n) is 5.00. The number of carbonyl (C=O) groups is 2. The minimum absolute atomic E-state index is 0.0135. The molecule has 0 radical (unpaired) electrons. The number of ether oxygens (including phenoxy) is 2. The maximum atomic E-state index is 12.4. The Bertz CT molecular complexity index is 740. The van der Waals surface area contributed by atoms with Crippen LogP contribution in [0, 0.1) is 0 Å². The van der Waals surface area contributed by atoms with Crippen molar-refractivity contribution >= 4 is 27.9 Å². The summed E-state index contributed by atoms with van der Waals surface area (Å²) < 4.78 is 11.5. The fourth-order valence-electron chi connectivity index (χ4n) is 1.91. The number of hydrogen-bond donors (Lipinski definition) is 1. The smallest absolute Gasteiger partial charge is 0.347 e. The van der Waals surface area contributed by atoms with Crippen LogP contribution in [0.3, 0.4) is 0 Å². The zero-order chi connectivity index (χ0) is 17.0. The first-order valence-electron chi connectivity index (χ1n) is 6.89. The van der Waals surface area contributed by atoms with Gasteiger partial charge in [0.1, 0.15) is 22.6 Å². The first kappa shape index (κ1) is 17.0. The van der Waals surface area contributed by atoms with Gasteiger partial charge in [0.15, 0.2) is 0 Å². The summed E-state index contributed by atoms with van der Waals surface area (Å²) in [6, 6.07) is 10.9. The van der Waals surface area contributed by atoms with E-state index in [4.69, 9.17) is 14.6 Å². The van der Waals surface area contributed by atoms with Crippen LogP contribution < -0.4 is 9.47 Å². The number of hydrogen-bond acceptors (Lipinski definition) is 4. The average Bonchev–Trinajstić information content (AvgIpc) is 2.49. The highest BCUT2D eigenvalue weighted by atomic mass is 79.9. The van der Waals surface area contributed by atoms with Gasteiger partial charge in [0.25, 0.3) is 0 Å². The van der Waals surface area contributed by atoms with E-state index in [0.717, 1.165) is 0 Å². The van der Waals surface area contributed by atoms with E-state index in [9.17, 15) is 9.59 Å². The van der Waals surface area contributed by atoms with Gasteiger partial charge in [0.2, 0.25) is 0 Å². The standard InChI is InChI=1S/C17H15BrO5/c1-10(2)22-15-8-7-11(18)9-13(15)17(21)23-14-6-4-3-5-12(14)16(19)20/h3-10H,1-2H3,(H,19,20). The number of carboxylic acids is 1. The summed E-state index contributed by atoms with van der Waals surface area (Å²) in [6.45, 7) is 3.69. The highest BCUT2D eigenvalue weighted by Crippen LogP contribution is 2.27. The van der Waals surface area contributed by atoms with Crippen molar-refractivity contribution in [2.24, 2.45) is 0 Å². The third-order valence-electron chi connectivity index (χ3n) is 2.84. The van der Waals surface area contributed by atoms with Crippen LogP contribution in [0.2, 0.25) is 0 Å². The summed E-state index contributed by atoms with van der Waals surface area (Å²) in [6.07, 6.45) is -0.117. The number of esters is 1. The molecule has 2 aromatic carbocycles. The van der Waals surface area contributed by atoms with E-state index in [-0.39, 0.29) is 23.0 Å². The summed E-state index contributed by atoms with van der Waals surface area (Å²) in [5.74, 6) is -1.49. The number of benzene rings is 2. The highest BCUT2D eigenvalue weighted by Gasteiger charge is 2.19. The van der Waals surface area contributed by atoms with Crippen molar-refractivity contribution in [3.63, 3.8) is 0 Å². The number of halogens is 1. The van der Waals surface area contributed by atoms with E-state index in [2.05, 4.69) is 15.9 Å². The molecule has 0 aromatic heterocycles. The number of aromatic carboxylic acids is 1. The molecule has 0 bridgehead atoms. The van der Waals surface area contributed by atoms with Gasteiger partial charge in [-0.25, -0.2) is 9.59 Å². The lowest BCUT2D eigenvalue weighted by atomic mass is 10.2. The van der Waals surface area contributed by atoms with Gasteiger partial charge < -0.3 is 14.6 Å². The minimum atomic E-state index is -1.17.